The van der Waals surface area contributed by atoms with Crippen molar-refractivity contribution in [3.05, 3.63) is 17.0 Å². The summed E-state index contributed by atoms with van der Waals surface area (Å²) in [6.07, 6.45) is -2.46. The van der Waals surface area contributed by atoms with Gasteiger partial charge in [-0.2, -0.15) is 13.9 Å². The molecule has 1 aromatic rings. The predicted molar refractivity (Wildman–Crippen MR) is 56.8 cm³/mol. The van der Waals surface area contributed by atoms with Crippen molar-refractivity contribution in [2.45, 2.75) is 45.1 Å². The Morgan fingerprint density at radius 3 is 2.61 bits per heavy atom. The first-order valence-electron chi connectivity index (χ1n) is 6.11. The molecule has 2 aliphatic carbocycles. The number of halogens is 4. The molecule has 1 saturated carbocycles. The van der Waals surface area contributed by atoms with Crippen molar-refractivity contribution in [1.29, 1.82) is 0 Å². The quantitative estimate of drug-likeness (QED) is 0.760. The molecule has 100 valence electrons. The van der Waals surface area contributed by atoms with Crippen molar-refractivity contribution in [2.24, 2.45) is 11.8 Å². The summed E-state index contributed by atoms with van der Waals surface area (Å²) in [4.78, 5) is 0. The third-order valence-electron chi connectivity index (χ3n) is 3.71. The Morgan fingerprint density at radius 2 is 2.06 bits per heavy atom. The Hall–Kier alpha value is -1.07. The third-order valence-corrected chi connectivity index (χ3v) is 3.71. The summed E-state index contributed by atoms with van der Waals surface area (Å²) in [5.74, 6) is -4.08. The zero-order chi connectivity index (χ0) is 13.2. The van der Waals surface area contributed by atoms with Gasteiger partial charge in [-0.3, -0.25) is 4.68 Å². The van der Waals surface area contributed by atoms with E-state index in [1.54, 1.807) is 0 Å². The van der Waals surface area contributed by atoms with Gasteiger partial charge in [-0.25, -0.2) is 8.78 Å². The number of nitrogens with zero attached hydrogens (tertiary/aromatic N) is 2. The maximum Gasteiger partial charge on any atom is 0.293 e. The molecule has 0 aromatic carbocycles. The van der Waals surface area contributed by atoms with Crippen LogP contribution >= 0.6 is 0 Å². The molecule has 1 heterocycles. The number of hydrogen-bond acceptors (Lipinski definition) is 1. The number of hydrogen-bond donors (Lipinski definition) is 0. The minimum Gasteiger partial charge on any atom is -0.262 e. The molecule has 18 heavy (non-hydrogen) atoms. The van der Waals surface area contributed by atoms with E-state index in [9.17, 15) is 17.6 Å². The van der Waals surface area contributed by atoms with Crippen LogP contribution < -0.4 is 0 Å². The summed E-state index contributed by atoms with van der Waals surface area (Å²) in [6, 6.07) is 0. The number of aromatic nitrogens is 2. The number of alkyl halides is 4. The second kappa shape index (κ2) is 3.48. The second-order valence-corrected chi connectivity index (χ2v) is 5.60. The fourth-order valence-corrected chi connectivity index (χ4v) is 2.94. The molecule has 0 radical (unpaired) electrons. The van der Waals surface area contributed by atoms with Crippen LogP contribution in [0.25, 0.3) is 0 Å². The molecule has 0 N–H and O–H groups in total. The van der Waals surface area contributed by atoms with Crippen molar-refractivity contribution in [3.63, 3.8) is 0 Å². The fraction of sp³-hybridized carbons (Fsp3) is 0.750. The Balaban J connectivity index is 2.13. The molecule has 0 amide bonds. The van der Waals surface area contributed by atoms with Gasteiger partial charge in [-0.15, -0.1) is 0 Å². The Bertz CT molecular complexity index is 493. The third kappa shape index (κ3) is 1.44. The van der Waals surface area contributed by atoms with E-state index in [4.69, 9.17) is 0 Å². The van der Waals surface area contributed by atoms with Crippen LogP contribution in [0.1, 0.15) is 49.6 Å². The summed E-state index contributed by atoms with van der Waals surface area (Å²) in [5.41, 5.74) is -0.566. The Labute approximate surface area is 102 Å². The maximum atomic E-state index is 14.1. The van der Waals surface area contributed by atoms with Crippen LogP contribution in [0.15, 0.2) is 0 Å². The van der Waals surface area contributed by atoms with E-state index in [2.05, 4.69) is 5.10 Å². The molecule has 0 bridgehead atoms. The highest BCUT2D eigenvalue weighted by Crippen LogP contribution is 2.68. The molecule has 1 unspecified atom stereocenters. The zero-order valence-corrected chi connectivity index (χ0v) is 10.1. The standard InChI is InChI=1S/C12H14F4N2/c1-5(2)4-18-10-8(9(17-18)11(13)14)6-3-7(6)12(10,15)16/h5-7,11H,3-4H2,1-2H3/t6-,7?/m1/s1. The van der Waals surface area contributed by atoms with E-state index in [0.717, 1.165) is 4.68 Å². The number of fused-ring (bicyclic) bond motifs is 3. The zero-order valence-electron chi connectivity index (χ0n) is 10.1. The molecule has 2 nitrogen and oxygen atoms in total. The lowest BCUT2D eigenvalue weighted by molar-refractivity contribution is -0.0315. The minimum absolute atomic E-state index is 0.0900. The molecule has 2 atom stereocenters. The van der Waals surface area contributed by atoms with Crippen molar-refractivity contribution in [3.8, 4) is 0 Å². The highest BCUT2D eigenvalue weighted by molar-refractivity contribution is 5.46. The lowest BCUT2D eigenvalue weighted by Gasteiger charge is -2.16. The van der Waals surface area contributed by atoms with Gasteiger partial charge in [0.05, 0.1) is 0 Å². The lowest BCUT2D eigenvalue weighted by atomic mass is 10.1. The van der Waals surface area contributed by atoms with Crippen LogP contribution in [0.2, 0.25) is 0 Å². The van der Waals surface area contributed by atoms with Crippen LogP contribution in [0, 0.1) is 11.8 Å². The van der Waals surface area contributed by atoms with Gasteiger partial charge in [-0.1, -0.05) is 13.8 Å². The van der Waals surface area contributed by atoms with Crippen molar-refractivity contribution in [1.82, 2.24) is 9.78 Å². The number of rotatable bonds is 3. The SMILES string of the molecule is CC(C)Cn1nc(C(F)F)c2c1C(F)(F)C1C[C@@H]21. The fourth-order valence-electron chi connectivity index (χ4n) is 2.94. The van der Waals surface area contributed by atoms with E-state index in [0.29, 0.717) is 6.42 Å². The molecule has 0 spiro atoms. The molecule has 0 saturated heterocycles. The van der Waals surface area contributed by atoms with E-state index in [-0.39, 0.29) is 23.7 Å². The summed E-state index contributed by atoms with van der Waals surface area (Å²) < 4.78 is 55.0. The van der Waals surface area contributed by atoms with E-state index in [1.807, 2.05) is 13.8 Å². The molecule has 0 aliphatic heterocycles. The maximum absolute atomic E-state index is 14.1. The van der Waals surface area contributed by atoms with Crippen molar-refractivity contribution >= 4 is 0 Å². The average molecular weight is 262 g/mol. The van der Waals surface area contributed by atoms with Crippen LogP contribution in [-0.2, 0) is 12.5 Å². The van der Waals surface area contributed by atoms with E-state index >= 15 is 0 Å². The van der Waals surface area contributed by atoms with Gasteiger partial charge >= 0.3 is 0 Å². The summed E-state index contributed by atoms with van der Waals surface area (Å²) in [6.45, 7) is 3.96. The average Bonchev–Trinajstić information content (AvgIpc) is 2.88. The smallest absolute Gasteiger partial charge is 0.262 e. The second-order valence-electron chi connectivity index (χ2n) is 5.60. The van der Waals surface area contributed by atoms with E-state index in [1.165, 1.54) is 0 Å². The van der Waals surface area contributed by atoms with Gasteiger partial charge in [0.25, 0.3) is 12.3 Å². The topological polar surface area (TPSA) is 17.8 Å². The van der Waals surface area contributed by atoms with Crippen LogP contribution in [0.3, 0.4) is 0 Å². The molecular weight excluding hydrogens is 248 g/mol. The molecule has 2 aliphatic rings. The predicted octanol–water partition coefficient (Wildman–Crippen LogP) is 3.69. The molecular formula is C12H14F4N2. The Morgan fingerprint density at radius 1 is 1.39 bits per heavy atom. The van der Waals surface area contributed by atoms with Crippen LogP contribution in [-0.4, -0.2) is 9.78 Å². The first kappa shape index (κ1) is 12.0. The van der Waals surface area contributed by atoms with Gasteiger partial charge < -0.3 is 0 Å². The highest BCUT2D eigenvalue weighted by Gasteiger charge is 2.67. The van der Waals surface area contributed by atoms with Crippen molar-refractivity contribution < 1.29 is 17.6 Å². The van der Waals surface area contributed by atoms with Crippen molar-refractivity contribution in [2.75, 3.05) is 0 Å². The summed E-state index contributed by atoms with van der Waals surface area (Å²) >= 11 is 0. The minimum atomic E-state index is -2.99. The lowest BCUT2D eigenvalue weighted by Crippen LogP contribution is -2.21. The normalized spacial score (nSPS) is 27.8. The Kier molecular flexibility index (Phi) is 2.32. The largest absolute Gasteiger partial charge is 0.293 e. The molecule has 6 heteroatoms. The van der Waals surface area contributed by atoms with Gasteiger partial charge in [0.15, 0.2) is 0 Å². The first-order chi connectivity index (χ1) is 8.34. The molecule has 3 rings (SSSR count). The van der Waals surface area contributed by atoms with Gasteiger partial charge in [-0.05, 0) is 18.3 Å². The molecule has 1 fully saturated rings. The highest BCUT2D eigenvalue weighted by atomic mass is 19.3. The van der Waals surface area contributed by atoms with Crippen LogP contribution in [0.4, 0.5) is 17.6 Å². The van der Waals surface area contributed by atoms with Gasteiger partial charge in [0, 0.05) is 18.0 Å². The van der Waals surface area contributed by atoms with Gasteiger partial charge in [0.1, 0.15) is 11.4 Å². The molecule has 1 aromatic heterocycles. The van der Waals surface area contributed by atoms with E-state index < -0.39 is 29.9 Å². The summed E-state index contributed by atoms with van der Waals surface area (Å²) in [5, 5.41) is 3.73. The monoisotopic (exact) mass is 262 g/mol. The van der Waals surface area contributed by atoms with Gasteiger partial charge in [0.2, 0.25) is 0 Å². The first-order valence-corrected chi connectivity index (χ1v) is 6.11. The van der Waals surface area contributed by atoms with Crippen LogP contribution in [0.5, 0.6) is 0 Å². The summed E-state index contributed by atoms with van der Waals surface area (Å²) in [7, 11) is 0.